The van der Waals surface area contributed by atoms with Crippen LogP contribution in [0.15, 0.2) is 58.7 Å². The summed E-state index contributed by atoms with van der Waals surface area (Å²) in [4.78, 5) is 32.6. The van der Waals surface area contributed by atoms with E-state index in [1.54, 1.807) is 12.1 Å². The first-order valence-corrected chi connectivity index (χ1v) is 8.86. The number of thioether (sulfide) groups is 1. The zero-order valence-electron chi connectivity index (χ0n) is 14.2. The lowest BCUT2D eigenvalue weighted by Crippen LogP contribution is -2.25. The van der Waals surface area contributed by atoms with Crippen molar-refractivity contribution >= 4 is 40.4 Å². The molecule has 1 saturated heterocycles. The Labute approximate surface area is 162 Å². The highest BCUT2D eigenvalue weighted by Crippen LogP contribution is 2.25. The van der Waals surface area contributed by atoms with Crippen molar-refractivity contribution in [2.24, 2.45) is 10.2 Å². The zero-order chi connectivity index (χ0) is 20.1. The Morgan fingerprint density at radius 1 is 1.07 bits per heavy atom. The topological polar surface area (TPSA) is 140 Å². The van der Waals surface area contributed by atoms with Gasteiger partial charge in [-0.05, 0) is 29.7 Å². The van der Waals surface area contributed by atoms with E-state index in [4.69, 9.17) is 0 Å². The van der Waals surface area contributed by atoms with Crippen LogP contribution in [0.3, 0.4) is 0 Å². The molecule has 1 amide bonds. The molecule has 0 bridgehead atoms. The summed E-state index contributed by atoms with van der Waals surface area (Å²) >= 11 is 1.19. The summed E-state index contributed by atoms with van der Waals surface area (Å²) in [6.07, 6.45) is 1.74. The van der Waals surface area contributed by atoms with Gasteiger partial charge in [-0.15, -0.1) is 5.10 Å². The van der Waals surface area contributed by atoms with Gasteiger partial charge >= 0.3 is 0 Å². The van der Waals surface area contributed by atoms with Gasteiger partial charge in [0, 0.05) is 24.3 Å². The number of nitrogens with zero attached hydrogens (tertiary/aromatic N) is 4. The Morgan fingerprint density at radius 3 is 2.46 bits per heavy atom. The van der Waals surface area contributed by atoms with E-state index in [9.17, 15) is 25.0 Å². The Balaban J connectivity index is 1.62. The van der Waals surface area contributed by atoms with E-state index in [2.05, 4.69) is 15.5 Å². The summed E-state index contributed by atoms with van der Waals surface area (Å²) in [5, 5.41) is 31.7. The summed E-state index contributed by atoms with van der Waals surface area (Å²) in [6.45, 7) is 0. The second-order valence-corrected chi connectivity index (χ2v) is 6.92. The van der Waals surface area contributed by atoms with E-state index in [1.165, 1.54) is 54.4 Å². The number of carbonyl (C=O) groups excluding carboxylic acids is 1. The van der Waals surface area contributed by atoms with Gasteiger partial charge in [-0.25, -0.2) is 0 Å². The minimum atomic E-state index is -0.493. The standard InChI is InChI=1S/C17H13N5O5S/c23-16-15(9-12-2-1-3-14(8-12)22(26)27)28-17(19-16)20-18-10-11-4-6-13(7-5-11)21(24)25/h1-8,10,15H,9H2,(H,19,20,23)/b18-10-/t15-/m0/s1. The van der Waals surface area contributed by atoms with Gasteiger partial charge in [0.15, 0.2) is 5.17 Å². The smallest absolute Gasteiger partial charge is 0.269 e. The number of non-ortho nitro benzene ring substituents is 2. The van der Waals surface area contributed by atoms with Gasteiger partial charge in [0.25, 0.3) is 11.4 Å². The highest BCUT2D eigenvalue weighted by molar-refractivity contribution is 8.15. The van der Waals surface area contributed by atoms with Crippen LogP contribution >= 0.6 is 11.8 Å². The molecule has 1 atom stereocenters. The number of rotatable bonds is 6. The normalized spacial score (nSPS) is 17.8. The van der Waals surface area contributed by atoms with E-state index < -0.39 is 15.1 Å². The maximum atomic E-state index is 12.1. The Bertz CT molecular complexity index is 990. The van der Waals surface area contributed by atoms with Crippen LogP contribution in [-0.2, 0) is 11.2 Å². The molecule has 1 heterocycles. The Morgan fingerprint density at radius 2 is 1.79 bits per heavy atom. The molecule has 0 aromatic heterocycles. The molecule has 1 N–H and O–H groups in total. The second-order valence-electron chi connectivity index (χ2n) is 5.73. The molecule has 28 heavy (non-hydrogen) atoms. The van der Waals surface area contributed by atoms with Crippen LogP contribution in [0.2, 0.25) is 0 Å². The number of nitrogens with one attached hydrogen (secondary N) is 1. The lowest BCUT2D eigenvalue weighted by atomic mass is 10.1. The number of hydrogen-bond acceptors (Lipinski definition) is 8. The molecule has 2 aromatic rings. The van der Waals surface area contributed by atoms with Crippen molar-refractivity contribution in [3.05, 3.63) is 79.9 Å². The van der Waals surface area contributed by atoms with Gasteiger partial charge in [-0.1, -0.05) is 23.9 Å². The van der Waals surface area contributed by atoms with Crippen molar-refractivity contribution < 1.29 is 14.6 Å². The molecule has 0 spiro atoms. The van der Waals surface area contributed by atoms with Gasteiger partial charge in [-0.3, -0.25) is 25.0 Å². The molecule has 0 saturated carbocycles. The maximum Gasteiger partial charge on any atom is 0.269 e. The van der Waals surface area contributed by atoms with E-state index in [1.807, 2.05) is 0 Å². The summed E-state index contributed by atoms with van der Waals surface area (Å²) < 4.78 is 0. The fourth-order valence-electron chi connectivity index (χ4n) is 2.43. The van der Waals surface area contributed by atoms with Gasteiger partial charge in [0.05, 0.1) is 21.3 Å². The number of hydrogen-bond donors (Lipinski definition) is 1. The third-order valence-corrected chi connectivity index (χ3v) is 4.85. The molecular weight excluding hydrogens is 386 g/mol. The highest BCUT2D eigenvalue weighted by Gasteiger charge is 2.30. The average molecular weight is 399 g/mol. The van der Waals surface area contributed by atoms with Gasteiger partial charge in [-0.2, -0.15) is 5.10 Å². The number of amides is 1. The van der Waals surface area contributed by atoms with Crippen molar-refractivity contribution in [2.75, 3.05) is 0 Å². The number of benzene rings is 2. The molecule has 10 nitrogen and oxygen atoms in total. The van der Waals surface area contributed by atoms with Crippen molar-refractivity contribution in [3.8, 4) is 0 Å². The summed E-state index contributed by atoms with van der Waals surface area (Å²) in [6, 6.07) is 11.9. The van der Waals surface area contributed by atoms with Crippen LogP contribution in [0.5, 0.6) is 0 Å². The molecule has 0 aliphatic carbocycles. The minimum absolute atomic E-state index is 0.0222. The first-order valence-electron chi connectivity index (χ1n) is 7.99. The minimum Gasteiger partial charge on any atom is -0.303 e. The van der Waals surface area contributed by atoms with E-state index in [-0.39, 0.29) is 17.3 Å². The maximum absolute atomic E-state index is 12.1. The van der Waals surface area contributed by atoms with E-state index >= 15 is 0 Å². The summed E-state index contributed by atoms with van der Waals surface area (Å²) in [5.74, 6) is -0.249. The monoisotopic (exact) mass is 399 g/mol. The molecule has 0 radical (unpaired) electrons. The average Bonchev–Trinajstić information content (AvgIpc) is 3.01. The van der Waals surface area contributed by atoms with Crippen LogP contribution in [0.25, 0.3) is 0 Å². The van der Waals surface area contributed by atoms with Crippen molar-refractivity contribution in [3.63, 3.8) is 0 Å². The first kappa shape index (κ1) is 19.2. The van der Waals surface area contributed by atoms with Gasteiger partial charge < -0.3 is 5.32 Å². The van der Waals surface area contributed by atoms with E-state index in [0.29, 0.717) is 22.7 Å². The van der Waals surface area contributed by atoms with Crippen LogP contribution in [0.1, 0.15) is 11.1 Å². The van der Waals surface area contributed by atoms with Crippen LogP contribution in [0, 0.1) is 20.2 Å². The van der Waals surface area contributed by atoms with Crippen LogP contribution < -0.4 is 5.32 Å². The molecule has 1 aliphatic heterocycles. The molecule has 2 aromatic carbocycles. The number of amidine groups is 1. The Kier molecular flexibility index (Phi) is 5.75. The molecule has 1 aliphatic rings. The fraction of sp³-hybridized carbons (Fsp3) is 0.118. The largest absolute Gasteiger partial charge is 0.303 e. The lowest BCUT2D eigenvalue weighted by molar-refractivity contribution is -0.385. The summed E-state index contributed by atoms with van der Waals surface area (Å²) in [5.41, 5.74) is 1.25. The van der Waals surface area contributed by atoms with Gasteiger partial charge in [0.1, 0.15) is 0 Å². The lowest BCUT2D eigenvalue weighted by Gasteiger charge is -2.04. The molecular formula is C17H13N5O5S. The summed E-state index contributed by atoms with van der Waals surface area (Å²) in [7, 11) is 0. The predicted octanol–water partition coefficient (Wildman–Crippen LogP) is 2.67. The first-order chi connectivity index (χ1) is 13.4. The fourth-order valence-corrected chi connectivity index (χ4v) is 3.39. The molecule has 11 heteroatoms. The van der Waals surface area contributed by atoms with Crippen LogP contribution in [-0.4, -0.2) is 32.4 Å². The third kappa shape index (κ3) is 4.76. The second kappa shape index (κ2) is 8.39. The molecule has 142 valence electrons. The predicted molar refractivity (Wildman–Crippen MR) is 104 cm³/mol. The van der Waals surface area contributed by atoms with E-state index in [0.717, 1.165) is 0 Å². The molecule has 1 fully saturated rings. The SMILES string of the molecule is O=C1N/C(=N\N=C/c2ccc([N+](=O)[O-])cc2)S[C@H]1Cc1cccc([N+](=O)[O-])c1. The molecule has 0 unspecified atom stereocenters. The highest BCUT2D eigenvalue weighted by atomic mass is 32.2. The van der Waals surface area contributed by atoms with Crippen molar-refractivity contribution in [1.29, 1.82) is 0 Å². The number of nitro benzene ring substituents is 2. The third-order valence-electron chi connectivity index (χ3n) is 3.78. The van der Waals surface area contributed by atoms with Crippen LogP contribution in [0.4, 0.5) is 11.4 Å². The van der Waals surface area contributed by atoms with Crippen molar-refractivity contribution in [1.82, 2.24) is 5.32 Å². The number of nitro groups is 2. The van der Waals surface area contributed by atoms with Crippen molar-refractivity contribution in [2.45, 2.75) is 11.7 Å². The quantitative estimate of drug-likeness (QED) is 0.450. The van der Waals surface area contributed by atoms with Gasteiger partial charge in [0.2, 0.25) is 5.91 Å². The zero-order valence-corrected chi connectivity index (χ0v) is 15.0. The number of carbonyl (C=O) groups is 1. The Hall–Kier alpha value is -3.60. The molecule has 3 rings (SSSR count).